The second kappa shape index (κ2) is 6.72. The van der Waals surface area contributed by atoms with Gasteiger partial charge in [-0.25, -0.2) is 0 Å². The molecule has 0 saturated carbocycles. The van der Waals surface area contributed by atoms with Crippen molar-refractivity contribution in [2.45, 2.75) is 25.7 Å². The van der Waals surface area contributed by atoms with Crippen molar-refractivity contribution < 1.29 is 9.90 Å². The number of halogens is 3. The lowest BCUT2D eigenvalue weighted by molar-refractivity contribution is -0.137. The molecule has 0 radical (unpaired) electrons. The molecule has 0 aliphatic heterocycles. The van der Waals surface area contributed by atoms with Crippen LogP contribution in [0.2, 0.25) is 0 Å². The van der Waals surface area contributed by atoms with E-state index < -0.39 is 5.97 Å². The van der Waals surface area contributed by atoms with Gasteiger partial charge in [-0.05, 0) is 97.8 Å². The van der Waals surface area contributed by atoms with Crippen LogP contribution in [0.25, 0.3) is 0 Å². The predicted molar refractivity (Wildman–Crippen MR) is 89.9 cm³/mol. The van der Waals surface area contributed by atoms with Gasteiger partial charge in [0.2, 0.25) is 0 Å². The number of aliphatic carboxylic acids is 1. The molecule has 0 aliphatic carbocycles. The molecule has 1 atom stereocenters. The smallest absolute Gasteiger partial charge is 0.303 e. The lowest BCUT2D eigenvalue weighted by Crippen LogP contribution is -2.09. The Morgan fingerprint density at radius 3 is 2.19 bits per heavy atom. The minimum Gasteiger partial charge on any atom is -0.481 e. The van der Waals surface area contributed by atoms with E-state index in [1.807, 2.05) is 6.92 Å². The van der Waals surface area contributed by atoms with Gasteiger partial charge in [0.15, 0.2) is 0 Å². The third kappa shape index (κ3) is 3.97. The van der Waals surface area contributed by atoms with Gasteiger partial charge in [-0.15, -0.1) is 0 Å². The van der Waals surface area contributed by atoms with Gasteiger partial charge in [-0.3, -0.25) is 4.79 Å². The Morgan fingerprint density at radius 2 is 1.81 bits per heavy atom. The average Bonchev–Trinajstić information content (AvgIpc) is 2.13. The Labute approximate surface area is 136 Å². The fourth-order valence-electron chi connectivity index (χ4n) is 1.60. The van der Waals surface area contributed by atoms with E-state index in [1.165, 1.54) is 16.3 Å². The van der Waals surface area contributed by atoms with Crippen molar-refractivity contribution >= 4 is 73.7 Å². The van der Waals surface area contributed by atoms with E-state index in [2.05, 4.69) is 79.9 Å². The van der Waals surface area contributed by atoms with Crippen LogP contribution in [-0.4, -0.2) is 11.1 Å². The van der Waals surface area contributed by atoms with Crippen LogP contribution >= 0.6 is 67.8 Å². The summed E-state index contributed by atoms with van der Waals surface area (Å²) in [6, 6.07) is 4.20. The van der Waals surface area contributed by atoms with Crippen molar-refractivity contribution in [1.82, 2.24) is 0 Å². The van der Waals surface area contributed by atoms with Crippen LogP contribution in [-0.2, 0) is 4.79 Å². The maximum absolute atomic E-state index is 10.8. The summed E-state index contributed by atoms with van der Waals surface area (Å²) in [5.74, 6) is -0.606. The molecule has 88 valence electrons. The van der Waals surface area contributed by atoms with Crippen molar-refractivity contribution in [3.05, 3.63) is 28.4 Å². The standard InChI is InChI=1S/C11H11I3O2/c1-2-6(3-10(15)16)11-8(13)4-7(12)5-9(11)14/h4-6H,2-3H2,1H3,(H,15,16). The average molecular weight is 556 g/mol. The zero-order chi connectivity index (χ0) is 12.3. The van der Waals surface area contributed by atoms with Crippen molar-refractivity contribution in [3.63, 3.8) is 0 Å². The highest BCUT2D eigenvalue weighted by Gasteiger charge is 2.19. The van der Waals surface area contributed by atoms with Gasteiger partial charge in [0.25, 0.3) is 0 Å². The molecular formula is C11H11I3O2. The second-order valence-corrected chi connectivity index (χ2v) is 7.06. The zero-order valence-electron chi connectivity index (χ0n) is 8.64. The number of carbonyl (C=O) groups is 1. The Hall–Kier alpha value is 0.880. The number of benzene rings is 1. The van der Waals surface area contributed by atoms with Gasteiger partial charge >= 0.3 is 5.97 Å². The van der Waals surface area contributed by atoms with E-state index >= 15 is 0 Å². The zero-order valence-corrected chi connectivity index (χ0v) is 15.1. The molecule has 0 bridgehead atoms. The summed E-state index contributed by atoms with van der Waals surface area (Å²) in [7, 11) is 0. The SMILES string of the molecule is CCC(CC(=O)O)c1c(I)cc(I)cc1I. The van der Waals surface area contributed by atoms with Crippen molar-refractivity contribution in [1.29, 1.82) is 0 Å². The number of hydrogen-bond acceptors (Lipinski definition) is 1. The molecule has 0 aromatic heterocycles. The molecule has 0 spiro atoms. The largest absolute Gasteiger partial charge is 0.481 e. The summed E-state index contributed by atoms with van der Waals surface area (Å²) < 4.78 is 3.53. The first kappa shape index (κ1) is 14.9. The van der Waals surface area contributed by atoms with Crippen LogP contribution in [0, 0.1) is 10.7 Å². The van der Waals surface area contributed by atoms with Gasteiger partial charge in [0, 0.05) is 10.7 Å². The van der Waals surface area contributed by atoms with E-state index in [9.17, 15) is 4.79 Å². The van der Waals surface area contributed by atoms with E-state index in [0.29, 0.717) is 0 Å². The summed E-state index contributed by atoms with van der Waals surface area (Å²) in [5.41, 5.74) is 1.19. The number of rotatable bonds is 4. The Bertz CT molecular complexity index is 381. The highest BCUT2D eigenvalue weighted by atomic mass is 127. The summed E-state index contributed by atoms with van der Waals surface area (Å²) in [4.78, 5) is 10.8. The summed E-state index contributed by atoms with van der Waals surface area (Å²) >= 11 is 6.87. The molecule has 1 aromatic rings. The maximum atomic E-state index is 10.8. The van der Waals surface area contributed by atoms with E-state index in [1.54, 1.807) is 0 Å². The van der Waals surface area contributed by atoms with Crippen LogP contribution in [0.1, 0.15) is 31.2 Å². The highest BCUT2D eigenvalue weighted by Crippen LogP contribution is 2.33. The third-order valence-corrected chi connectivity index (χ3v) is 4.77. The summed E-state index contributed by atoms with van der Waals surface area (Å²) in [6.45, 7) is 2.04. The fourth-order valence-corrected chi connectivity index (χ4v) is 6.07. The lowest BCUT2D eigenvalue weighted by Gasteiger charge is -2.17. The summed E-state index contributed by atoms with van der Waals surface area (Å²) in [6.07, 6.45) is 1.07. The molecule has 1 unspecified atom stereocenters. The van der Waals surface area contributed by atoms with Gasteiger partial charge in [-0.1, -0.05) is 6.92 Å². The van der Waals surface area contributed by atoms with Gasteiger partial charge in [-0.2, -0.15) is 0 Å². The van der Waals surface area contributed by atoms with Crippen LogP contribution in [0.3, 0.4) is 0 Å². The molecule has 0 saturated heterocycles. The predicted octanol–water partition coefficient (Wildman–Crippen LogP) is 4.47. The summed E-state index contributed by atoms with van der Waals surface area (Å²) in [5, 5.41) is 8.91. The van der Waals surface area contributed by atoms with Crippen LogP contribution < -0.4 is 0 Å². The third-order valence-electron chi connectivity index (χ3n) is 2.37. The minimum absolute atomic E-state index is 0.119. The second-order valence-electron chi connectivity index (χ2n) is 3.49. The van der Waals surface area contributed by atoms with Gasteiger partial charge < -0.3 is 5.11 Å². The normalized spacial score (nSPS) is 12.5. The van der Waals surface area contributed by atoms with Crippen LogP contribution in [0.4, 0.5) is 0 Å². The van der Waals surface area contributed by atoms with E-state index in [4.69, 9.17) is 5.11 Å². The van der Waals surface area contributed by atoms with Crippen molar-refractivity contribution in [2.24, 2.45) is 0 Å². The van der Waals surface area contributed by atoms with E-state index in [-0.39, 0.29) is 12.3 Å². The molecule has 1 aromatic carbocycles. The number of carboxylic acids is 1. The first-order valence-electron chi connectivity index (χ1n) is 4.82. The molecule has 5 heteroatoms. The molecule has 2 nitrogen and oxygen atoms in total. The number of hydrogen-bond donors (Lipinski definition) is 1. The minimum atomic E-state index is -0.725. The van der Waals surface area contributed by atoms with Crippen LogP contribution in [0.15, 0.2) is 12.1 Å². The van der Waals surface area contributed by atoms with E-state index in [0.717, 1.165) is 6.42 Å². The Balaban J connectivity index is 3.14. The molecule has 1 rings (SSSR count). The molecule has 0 fully saturated rings. The maximum Gasteiger partial charge on any atom is 0.303 e. The van der Waals surface area contributed by atoms with Crippen molar-refractivity contribution in [2.75, 3.05) is 0 Å². The quantitative estimate of drug-likeness (QED) is 0.557. The number of carboxylic acid groups (broad SMARTS) is 1. The Kier molecular flexibility index (Phi) is 6.27. The lowest BCUT2D eigenvalue weighted by atomic mass is 9.93. The molecule has 1 N–H and O–H groups in total. The first-order valence-corrected chi connectivity index (χ1v) is 8.05. The first-order chi connectivity index (χ1) is 7.45. The highest BCUT2D eigenvalue weighted by molar-refractivity contribution is 14.1. The van der Waals surface area contributed by atoms with Crippen LogP contribution in [0.5, 0.6) is 0 Å². The molecule has 0 amide bonds. The van der Waals surface area contributed by atoms with Gasteiger partial charge in [0.05, 0.1) is 6.42 Å². The van der Waals surface area contributed by atoms with Crippen molar-refractivity contribution in [3.8, 4) is 0 Å². The monoisotopic (exact) mass is 556 g/mol. The molecule has 16 heavy (non-hydrogen) atoms. The van der Waals surface area contributed by atoms with Gasteiger partial charge in [0.1, 0.15) is 0 Å². The molecule has 0 heterocycles. The fraction of sp³-hybridized carbons (Fsp3) is 0.364. The molecule has 0 aliphatic rings. The molecular weight excluding hydrogens is 545 g/mol. The Morgan fingerprint density at radius 1 is 1.31 bits per heavy atom. The topological polar surface area (TPSA) is 37.3 Å².